The van der Waals surface area contributed by atoms with Crippen molar-refractivity contribution < 1.29 is 13.2 Å². The van der Waals surface area contributed by atoms with Gasteiger partial charge in [-0.15, -0.1) is 0 Å². The van der Waals surface area contributed by atoms with Gasteiger partial charge < -0.3 is 5.73 Å². The molecule has 0 heterocycles. The number of halogens is 4. The fourth-order valence-electron chi connectivity index (χ4n) is 0.258. The molecule has 0 saturated heterocycles. The molecule has 0 saturated carbocycles. The fraction of sp³-hybridized carbons (Fsp3) is 1.00. The number of nitrogens with two attached hydrogens (primary N) is 1. The van der Waals surface area contributed by atoms with Crippen molar-refractivity contribution in [2.75, 3.05) is 0 Å². The van der Waals surface area contributed by atoms with E-state index in [4.69, 9.17) is 5.73 Å². The van der Waals surface area contributed by atoms with Crippen LogP contribution in [-0.4, -0.2) is 16.5 Å². The van der Waals surface area contributed by atoms with Crippen LogP contribution in [0.25, 0.3) is 0 Å². The Morgan fingerprint density at radius 2 is 1.70 bits per heavy atom. The van der Waals surface area contributed by atoms with Crippen LogP contribution >= 0.6 is 15.9 Å². The second-order valence-corrected chi connectivity index (χ2v) is 3.36. The molecule has 2 unspecified atom stereocenters. The lowest BCUT2D eigenvalue weighted by Crippen LogP contribution is -2.50. The molecule has 0 bridgehead atoms. The van der Waals surface area contributed by atoms with Crippen molar-refractivity contribution in [3.8, 4) is 0 Å². The monoisotopic (exact) mass is 219 g/mol. The summed E-state index contributed by atoms with van der Waals surface area (Å²) in [5.74, 6) is 0. The Bertz CT molecular complexity index is 119. The van der Waals surface area contributed by atoms with E-state index < -0.39 is 16.5 Å². The van der Waals surface area contributed by atoms with Crippen molar-refractivity contribution in [1.82, 2.24) is 0 Å². The summed E-state index contributed by atoms with van der Waals surface area (Å²) in [5.41, 5.74) is 2.27. The van der Waals surface area contributed by atoms with E-state index in [2.05, 4.69) is 0 Å². The summed E-state index contributed by atoms with van der Waals surface area (Å²) in [6.07, 6.45) is 0. The quantitative estimate of drug-likeness (QED) is 0.708. The Labute approximate surface area is 65.9 Å². The van der Waals surface area contributed by atoms with Crippen LogP contribution in [-0.2, 0) is 0 Å². The SMILES string of the molecule is CC(N)C(C)(F)C(F)(F)Br. The molecular formula is C5H9BrF3N. The van der Waals surface area contributed by atoms with E-state index in [0.717, 1.165) is 6.92 Å². The van der Waals surface area contributed by atoms with Gasteiger partial charge in [-0.25, -0.2) is 4.39 Å². The zero-order valence-electron chi connectivity index (χ0n) is 5.67. The van der Waals surface area contributed by atoms with Crippen LogP contribution in [0.4, 0.5) is 13.2 Å². The van der Waals surface area contributed by atoms with Gasteiger partial charge in [0, 0.05) is 6.04 Å². The topological polar surface area (TPSA) is 26.0 Å². The predicted octanol–water partition coefficient (Wildman–Crippen LogP) is 2.05. The summed E-state index contributed by atoms with van der Waals surface area (Å²) in [6.45, 7) is 1.95. The summed E-state index contributed by atoms with van der Waals surface area (Å²) in [4.78, 5) is -3.56. The Hall–Kier alpha value is 0.230. The van der Waals surface area contributed by atoms with Crippen molar-refractivity contribution >= 4 is 15.9 Å². The average Bonchev–Trinajstić information content (AvgIpc) is 1.62. The van der Waals surface area contributed by atoms with Gasteiger partial charge in [0.1, 0.15) is 0 Å². The highest BCUT2D eigenvalue weighted by molar-refractivity contribution is 9.10. The van der Waals surface area contributed by atoms with Crippen molar-refractivity contribution in [2.24, 2.45) is 5.73 Å². The van der Waals surface area contributed by atoms with E-state index in [0.29, 0.717) is 0 Å². The molecule has 0 fully saturated rings. The molecule has 10 heavy (non-hydrogen) atoms. The first-order valence-electron chi connectivity index (χ1n) is 2.71. The summed E-state index contributed by atoms with van der Waals surface area (Å²) < 4.78 is 37.2. The molecule has 0 spiro atoms. The van der Waals surface area contributed by atoms with E-state index in [-0.39, 0.29) is 0 Å². The minimum absolute atomic E-state index is 0.756. The summed E-state index contributed by atoms with van der Waals surface area (Å²) in [6, 6.07) is -1.21. The Balaban J connectivity index is 4.40. The van der Waals surface area contributed by atoms with Crippen LogP contribution < -0.4 is 5.73 Å². The molecule has 0 amide bonds. The smallest absolute Gasteiger partial charge is 0.325 e. The Morgan fingerprint density at radius 3 is 1.70 bits per heavy atom. The minimum atomic E-state index is -3.56. The maximum Gasteiger partial charge on any atom is 0.335 e. The molecular weight excluding hydrogens is 211 g/mol. The molecule has 5 heteroatoms. The number of hydrogen-bond donors (Lipinski definition) is 1. The molecule has 0 radical (unpaired) electrons. The fourth-order valence-corrected chi connectivity index (χ4v) is 0.619. The van der Waals surface area contributed by atoms with Crippen LogP contribution in [0.5, 0.6) is 0 Å². The minimum Gasteiger partial charge on any atom is -0.325 e. The van der Waals surface area contributed by atoms with Crippen molar-refractivity contribution in [1.29, 1.82) is 0 Å². The van der Waals surface area contributed by atoms with Gasteiger partial charge in [0.25, 0.3) is 0 Å². The first-order chi connectivity index (χ1) is 4.19. The van der Waals surface area contributed by atoms with E-state index in [1.807, 2.05) is 15.9 Å². The molecule has 0 aliphatic carbocycles. The normalized spacial score (nSPS) is 21.9. The highest BCUT2D eigenvalue weighted by Crippen LogP contribution is 2.39. The lowest BCUT2D eigenvalue weighted by molar-refractivity contribution is -0.0582. The molecule has 0 aliphatic rings. The first kappa shape index (κ1) is 10.2. The van der Waals surface area contributed by atoms with Crippen LogP contribution in [0.1, 0.15) is 13.8 Å². The van der Waals surface area contributed by atoms with Crippen LogP contribution in [0.15, 0.2) is 0 Å². The zero-order chi connectivity index (χ0) is 8.58. The van der Waals surface area contributed by atoms with Crippen molar-refractivity contribution in [3.63, 3.8) is 0 Å². The van der Waals surface area contributed by atoms with Gasteiger partial charge in [0.05, 0.1) is 0 Å². The van der Waals surface area contributed by atoms with Gasteiger partial charge in [0.2, 0.25) is 0 Å². The van der Waals surface area contributed by atoms with E-state index in [1.165, 1.54) is 6.92 Å². The second-order valence-electron chi connectivity index (χ2n) is 2.36. The standard InChI is InChI=1S/C5H9BrF3N/c1-3(10)4(2,7)5(6,8)9/h3H,10H2,1-2H3. The largest absolute Gasteiger partial charge is 0.335 e. The molecule has 0 aromatic carbocycles. The molecule has 2 atom stereocenters. The molecule has 0 aromatic heterocycles. The number of hydrogen-bond acceptors (Lipinski definition) is 1. The van der Waals surface area contributed by atoms with Gasteiger partial charge in [-0.1, -0.05) is 0 Å². The van der Waals surface area contributed by atoms with Gasteiger partial charge in [-0.3, -0.25) is 0 Å². The Morgan fingerprint density at radius 1 is 1.40 bits per heavy atom. The van der Waals surface area contributed by atoms with Gasteiger partial charge in [0.15, 0.2) is 5.67 Å². The maximum absolute atomic E-state index is 12.8. The van der Waals surface area contributed by atoms with Crippen LogP contribution in [0, 0.1) is 0 Å². The molecule has 1 nitrogen and oxygen atoms in total. The van der Waals surface area contributed by atoms with Gasteiger partial charge in [-0.05, 0) is 29.8 Å². The third kappa shape index (κ3) is 1.85. The van der Waals surface area contributed by atoms with Crippen LogP contribution in [0.3, 0.4) is 0 Å². The Kier molecular flexibility index (Phi) is 2.76. The highest BCUT2D eigenvalue weighted by Gasteiger charge is 2.51. The van der Waals surface area contributed by atoms with E-state index in [9.17, 15) is 13.2 Å². The molecule has 62 valence electrons. The predicted molar refractivity (Wildman–Crippen MR) is 37.0 cm³/mol. The lowest BCUT2D eigenvalue weighted by Gasteiger charge is -2.28. The molecule has 2 N–H and O–H groups in total. The van der Waals surface area contributed by atoms with E-state index in [1.54, 1.807) is 0 Å². The van der Waals surface area contributed by atoms with Gasteiger partial charge in [-0.2, -0.15) is 8.78 Å². The van der Waals surface area contributed by atoms with Crippen molar-refractivity contribution in [3.05, 3.63) is 0 Å². The molecule has 0 aliphatic heterocycles. The maximum atomic E-state index is 12.8. The lowest BCUT2D eigenvalue weighted by atomic mass is 10.0. The summed E-state index contributed by atoms with van der Waals surface area (Å²) >= 11 is 1.91. The number of rotatable bonds is 2. The second kappa shape index (κ2) is 2.70. The summed E-state index contributed by atoms with van der Waals surface area (Å²) in [7, 11) is 0. The number of alkyl halides is 4. The third-order valence-corrected chi connectivity index (χ3v) is 2.18. The zero-order valence-corrected chi connectivity index (χ0v) is 7.25. The van der Waals surface area contributed by atoms with E-state index >= 15 is 0 Å². The van der Waals surface area contributed by atoms with Crippen LogP contribution in [0.2, 0.25) is 0 Å². The third-order valence-electron chi connectivity index (χ3n) is 1.41. The first-order valence-corrected chi connectivity index (χ1v) is 3.50. The molecule has 0 rings (SSSR count). The highest BCUT2D eigenvalue weighted by atomic mass is 79.9. The molecule has 0 aromatic rings. The van der Waals surface area contributed by atoms with Crippen molar-refractivity contribution in [2.45, 2.75) is 30.4 Å². The average molecular weight is 220 g/mol. The summed E-state index contributed by atoms with van der Waals surface area (Å²) in [5, 5.41) is 0. The van der Waals surface area contributed by atoms with Gasteiger partial charge >= 0.3 is 4.83 Å².